The summed E-state index contributed by atoms with van der Waals surface area (Å²) in [5, 5.41) is 0. The highest BCUT2D eigenvalue weighted by atomic mass is 35.5. The number of halogens is 1. The molecule has 0 unspecified atom stereocenters. The summed E-state index contributed by atoms with van der Waals surface area (Å²) in [7, 11) is 0. The molecule has 84 valence electrons. The van der Waals surface area contributed by atoms with Crippen molar-refractivity contribution in [2.75, 3.05) is 0 Å². The van der Waals surface area contributed by atoms with Crippen molar-refractivity contribution in [2.24, 2.45) is 11.7 Å². The minimum absolute atomic E-state index is 0. The molecule has 2 N–H and O–H groups in total. The Morgan fingerprint density at radius 3 is 2.53 bits per heavy atom. The van der Waals surface area contributed by atoms with E-state index >= 15 is 0 Å². The van der Waals surface area contributed by atoms with E-state index in [0.29, 0.717) is 0 Å². The van der Waals surface area contributed by atoms with Crippen molar-refractivity contribution >= 4 is 12.4 Å². The Morgan fingerprint density at radius 1 is 1.27 bits per heavy atom. The lowest BCUT2D eigenvalue weighted by molar-refractivity contribution is 0.239. The summed E-state index contributed by atoms with van der Waals surface area (Å²) in [6.07, 6.45) is 4.89. The third-order valence-corrected chi connectivity index (χ3v) is 3.38. The monoisotopic (exact) mass is 225 g/mol. The lowest BCUT2D eigenvalue weighted by Crippen LogP contribution is -2.40. The smallest absolute Gasteiger partial charge is 0.0412 e. The van der Waals surface area contributed by atoms with Gasteiger partial charge in [0.25, 0.3) is 0 Å². The molecule has 2 rings (SSSR count). The van der Waals surface area contributed by atoms with Gasteiger partial charge in [0, 0.05) is 5.54 Å². The Bertz CT molecular complexity index is 299. The Hall–Kier alpha value is -0.530. The molecule has 0 heterocycles. The zero-order chi connectivity index (χ0) is 10.0. The highest BCUT2D eigenvalue weighted by Crippen LogP contribution is 2.37. The molecule has 1 nitrogen and oxygen atoms in total. The van der Waals surface area contributed by atoms with E-state index in [1.165, 1.54) is 18.4 Å². The molecule has 2 atom stereocenters. The molecule has 0 aromatic heterocycles. The number of benzene rings is 1. The fourth-order valence-corrected chi connectivity index (χ4v) is 2.62. The molecule has 1 aliphatic rings. The second-order valence-electron chi connectivity index (χ2n) is 4.72. The van der Waals surface area contributed by atoms with Crippen molar-refractivity contribution in [2.45, 2.75) is 38.1 Å². The predicted molar refractivity (Wildman–Crippen MR) is 67.2 cm³/mol. The van der Waals surface area contributed by atoms with Gasteiger partial charge in [-0.25, -0.2) is 0 Å². The molecule has 1 aliphatic carbocycles. The molecule has 1 saturated carbocycles. The Labute approximate surface area is 98.5 Å². The molecule has 15 heavy (non-hydrogen) atoms. The number of nitrogens with two attached hydrogens (primary N) is 1. The van der Waals surface area contributed by atoms with Crippen LogP contribution in [0.4, 0.5) is 0 Å². The van der Waals surface area contributed by atoms with Gasteiger partial charge in [-0.2, -0.15) is 0 Å². The molecule has 1 fully saturated rings. The summed E-state index contributed by atoms with van der Waals surface area (Å²) >= 11 is 0. The normalized spacial score (nSPS) is 30.7. The maximum atomic E-state index is 6.47. The molecule has 0 radical (unpaired) electrons. The largest absolute Gasteiger partial charge is 0.321 e. The van der Waals surface area contributed by atoms with Gasteiger partial charge in [-0.3, -0.25) is 0 Å². The molecule has 0 aliphatic heterocycles. The van der Waals surface area contributed by atoms with Gasteiger partial charge in [-0.15, -0.1) is 12.4 Å². The van der Waals surface area contributed by atoms with Crippen molar-refractivity contribution in [3.05, 3.63) is 35.9 Å². The van der Waals surface area contributed by atoms with Gasteiger partial charge < -0.3 is 5.73 Å². The van der Waals surface area contributed by atoms with E-state index in [1.54, 1.807) is 0 Å². The quantitative estimate of drug-likeness (QED) is 0.778. The van der Waals surface area contributed by atoms with Crippen LogP contribution in [0.15, 0.2) is 30.3 Å². The number of hydrogen-bond acceptors (Lipinski definition) is 1. The Kier molecular flexibility index (Phi) is 4.18. The van der Waals surface area contributed by atoms with Crippen molar-refractivity contribution < 1.29 is 0 Å². The molecule has 1 aromatic rings. The summed E-state index contributed by atoms with van der Waals surface area (Å²) < 4.78 is 0. The zero-order valence-electron chi connectivity index (χ0n) is 9.28. The van der Waals surface area contributed by atoms with Crippen LogP contribution in [0.5, 0.6) is 0 Å². The van der Waals surface area contributed by atoms with Gasteiger partial charge >= 0.3 is 0 Å². The molecule has 2 heteroatoms. The minimum Gasteiger partial charge on any atom is -0.321 e. The van der Waals surface area contributed by atoms with Crippen LogP contribution < -0.4 is 5.73 Å². The molecule has 0 bridgehead atoms. The third-order valence-electron chi connectivity index (χ3n) is 3.38. The van der Waals surface area contributed by atoms with Crippen LogP contribution in [0.25, 0.3) is 0 Å². The second-order valence-corrected chi connectivity index (χ2v) is 4.72. The van der Waals surface area contributed by atoms with Crippen LogP contribution in [0.2, 0.25) is 0 Å². The lowest BCUT2D eigenvalue weighted by Gasteiger charge is -2.37. The summed E-state index contributed by atoms with van der Waals surface area (Å²) in [6, 6.07) is 10.6. The SMILES string of the molecule is C[C@H]1CCC[C@](N)(c2ccccc2)C1.Cl. The molecule has 0 spiro atoms. The van der Waals surface area contributed by atoms with E-state index < -0.39 is 0 Å². The molecule has 1 aromatic carbocycles. The summed E-state index contributed by atoms with van der Waals surface area (Å²) in [5.41, 5.74) is 7.73. The van der Waals surface area contributed by atoms with E-state index in [-0.39, 0.29) is 17.9 Å². The van der Waals surface area contributed by atoms with Gasteiger partial charge in [-0.1, -0.05) is 50.1 Å². The molecular weight excluding hydrogens is 206 g/mol. The van der Waals surface area contributed by atoms with Gasteiger partial charge in [0.1, 0.15) is 0 Å². The Morgan fingerprint density at radius 2 is 1.93 bits per heavy atom. The summed E-state index contributed by atoms with van der Waals surface area (Å²) in [4.78, 5) is 0. The molecule has 0 amide bonds. The zero-order valence-corrected chi connectivity index (χ0v) is 10.1. The van der Waals surface area contributed by atoms with E-state index in [0.717, 1.165) is 18.8 Å². The van der Waals surface area contributed by atoms with E-state index in [1.807, 2.05) is 0 Å². The van der Waals surface area contributed by atoms with Crippen LogP contribution in [-0.2, 0) is 5.54 Å². The topological polar surface area (TPSA) is 26.0 Å². The van der Waals surface area contributed by atoms with Gasteiger partial charge in [0.15, 0.2) is 0 Å². The number of rotatable bonds is 1. The van der Waals surface area contributed by atoms with Crippen LogP contribution >= 0.6 is 12.4 Å². The van der Waals surface area contributed by atoms with Crippen LogP contribution in [0.1, 0.15) is 38.2 Å². The average Bonchev–Trinajstić information content (AvgIpc) is 2.19. The number of hydrogen-bond donors (Lipinski definition) is 1. The van der Waals surface area contributed by atoms with Gasteiger partial charge in [-0.05, 0) is 24.3 Å². The first-order chi connectivity index (χ1) is 6.71. The maximum absolute atomic E-state index is 6.47. The van der Waals surface area contributed by atoms with Crippen molar-refractivity contribution in [1.82, 2.24) is 0 Å². The second kappa shape index (κ2) is 5.00. The predicted octanol–water partition coefficient (Wildman–Crippen LogP) is 3.47. The minimum atomic E-state index is -0.0566. The highest BCUT2D eigenvalue weighted by molar-refractivity contribution is 5.85. The summed E-state index contributed by atoms with van der Waals surface area (Å²) in [6.45, 7) is 2.31. The third kappa shape index (κ3) is 2.73. The Balaban J connectivity index is 0.00000112. The first-order valence-electron chi connectivity index (χ1n) is 5.55. The lowest BCUT2D eigenvalue weighted by atomic mass is 9.73. The van der Waals surface area contributed by atoms with Gasteiger partial charge in [0.2, 0.25) is 0 Å². The van der Waals surface area contributed by atoms with Crippen molar-refractivity contribution in [3.8, 4) is 0 Å². The fourth-order valence-electron chi connectivity index (χ4n) is 2.62. The van der Waals surface area contributed by atoms with Crippen molar-refractivity contribution in [1.29, 1.82) is 0 Å². The van der Waals surface area contributed by atoms with Gasteiger partial charge in [0.05, 0.1) is 0 Å². The highest BCUT2D eigenvalue weighted by Gasteiger charge is 2.32. The van der Waals surface area contributed by atoms with E-state index in [9.17, 15) is 0 Å². The van der Waals surface area contributed by atoms with Crippen molar-refractivity contribution in [3.63, 3.8) is 0 Å². The van der Waals surface area contributed by atoms with Crippen LogP contribution in [0, 0.1) is 5.92 Å². The van der Waals surface area contributed by atoms with Crippen LogP contribution in [0.3, 0.4) is 0 Å². The summed E-state index contributed by atoms with van der Waals surface area (Å²) in [5.74, 6) is 0.772. The van der Waals surface area contributed by atoms with E-state index in [4.69, 9.17) is 5.73 Å². The maximum Gasteiger partial charge on any atom is 0.0412 e. The molecule has 0 saturated heterocycles. The fraction of sp³-hybridized carbons (Fsp3) is 0.538. The average molecular weight is 226 g/mol. The first kappa shape index (κ1) is 12.5. The van der Waals surface area contributed by atoms with Crippen LogP contribution in [-0.4, -0.2) is 0 Å². The molecular formula is C13H20ClN. The van der Waals surface area contributed by atoms with E-state index in [2.05, 4.69) is 37.3 Å². The first-order valence-corrected chi connectivity index (χ1v) is 5.55. The standard InChI is InChI=1S/C13H19N.ClH/c1-11-6-5-9-13(14,10-11)12-7-3-2-4-8-12;/h2-4,7-8,11H,5-6,9-10,14H2,1H3;1H/t11-,13+;/m0./s1.